The molecule has 4 nitrogen and oxygen atoms in total. The van der Waals surface area contributed by atoms with Crippen LogP contribution in [-0.2, 0) is 4.79 Å². The number of carbonyl (C=O) groups excluding carboxylic acids is 1. The van der Waals surface area contributed by atoms with Gasteiger partial charge in [-0.15, -0.1) is 0 Å². The molecule has 0 aliphatic heterocycles. The minimum atomic E-state index is -0.231. The SMILES string of the molecule is CCOc1ccccc1NC(=O)COc1ccc(C(C)CC)cc1Br. The molecule has 0 bridgehead atoms. The molecule has 0 aliphatic rings. The normalized spacial score (nSPS) is 11.7. The van der Waals surface area contributed by atoms with Crippen molar-refractivity contribution in [1.82, 2.24) is 0 Å². The minimum absolute atomic E-state index is 0.0677. The van der Waals surface area contributed by atoms with Gasteiger partial charge in [0.1, 0.15) is 11.5 Å². The minimum Gasteiger partial charge on any atom is -0.492 e. The molecule has 1 amide bonds. The first-order chi connectivity index (χ1) is 12.0. The van der Waals surface area contributed by atoms with Gasteiger partial charge in [0, 0.05) is 0 Å². The second kappa shape index (κ2) is 9.47. The third kappa shape index (κ3) is 5.49. The maximum Gasteiger partial charge on any atom is 0.262 e. The Morgan fingerprint density at radius 3 is 2.56 bits per heavy atom. The van der Waals surface area contributed by atoms with Gasteiger partial charge in [-0.25, -0.2) is 0 Å². The van der Waals surface area contributed by atoms with E-state index < -0.39 is 0 Å². The smallest absolute Gasteiger partial charge is 0.262 e. The molecule has 0 aliphatic carbocycles. The molecule has 5 heteroatoms. The quantitative estimate of drug-likeness (QED) is 0.641. The predicted octanol–water partition coefficient (Wildman–Crippen LogP) is 5.38. The van der Waals surface area contributed by atoms with Crippen molar-refractivity contribution >= 4 is 27.5 Å². The summed E-state index contributed by atoms with van der Waals surface area (Å²) in [5, 5.41) is 2.82. The Hall–Kier alpha value is -2.01. The van der Waals surface area contributed by atoms with Crippen LogP contribution in [-0.4, -0.2) is 19.1 Å². The number of hydrogen-bond acceptors (Lipinski definition) is 3. The molecule has 1 N–H and O–H groups in total. The highest BCUT2D eigenvalue weighted by molar-refractivity contribution is 9.10. The number of anilines is 1. The lowest BCUT2D eigenvalue weighted by Gasteiger charge is -2.14. The fourth-order valence-electron chi connectivity index (χ4n) is 2.36. The van der Waals surface area contributed by atoms with Crippen LogP contribution in [0.15, 0.2) is 46.9 Å². The Morgan fingerprint density at radius 1 is 1.12 bits per heavy atom. The number of rotatable bonds is 8. The molecule has 0 radical (unpaired) electrons. The van der Waals surface area contributed by atoms with Gasteiger partial charge in [0.25, 0.3) is 5.91 Å². The molecule has 1 atom stereocenters. The topological polar surface area (TPSA) is 47.6 Å². The second-order valence-corrected chi connectivity index (χ2v) is 6.62. The summed E-state index contributed by atoms with van der Waals surface area (Å²) in [5.74, 6) is 1.56. The first-order valence-electron chi connectivity index (χ1n) is 8.49. The van der Waals surface area contributed by atoms with E-state index in [0.717, 1.165) is 10.9 Å². The van der Waals surface area contributed by atoms with Crippen LogP contribution in [0.3, 0.4) is 0 Å². The number of hydrogen-bond donors (Lipinski definition) is 1. The van der Waals surface area contributed by atoms with Gasteiger partial charge in [-0.05, 0) is 65.0 Å². The summed E-state index contributed by atoms with van der Waals surface area (Å²) >= 11 is 3.52. The van der Waals surface area contributed by atoms with Gasteiger partial charge in [0.05, 0.1) is 16.8 Å². The van der Waals surface area contributed by atoms with Crippen LogP contribution < -0.4 is 14.8 Å². The molecule has 0 fully saturated rings. The number of benzene rings is 2. The Morgan fingerprint density at radius 2 is 1.88 bits per heavy atom. The zero-order chi connectivity index (χ0) is 18.2. The summed E-state index contributed by atoms with van der Waals surface area (Å²) in [5.41, 5.74) is 1.89. The Kier molecular flexibility index (Phi) is 7.31. The summed E-state index contributed by atoms with van der Waals surface area (Å²) in [4.78, 5) is 12.2. The highest BCUT2D eigenvalue weighted by Crippen LogP contribution is 2.30. The number of nitrogens with one attached hydrogen (secondary N) is 1. The molecule has 0 saturated heterocycles. The van der Waals surface area contributed by atoms with Crippen LogP contribution in [0.4, 0.5) is 5.69 Å². The fraction of sp³-hybridized carbons (Fsp3) is 0.350. The highest BCUT2D eigenvalue weighted by atomic mass is 79.9. The molecule has 0 saturated carbocycles. The molecule has 0 aromatic heterocycles. The van der Waals surface area contributed by atoms with E-state index in [9.17, 15) is 4.79 Å². The van der Waals surface area contributed by atoms with Gasteiger partial charge < -0.3 is 14.8 Å². The van der Waals surface area contributed by atoms with E-state index in [2.05, 4.69) is 35.1 Å². The second-order valence-electron chi connectivity index (χ2n) is 5.77. The zero-order valence-corrected chi connectivity index (χ0v) is 16.4. The maximum atomic E-state index is 12.2. The number of amides is 1. The van der Waals surface area contributed by atoms with Crippen molar-refractivity contribution in [3.63, 3.8) is 0 Å². The molecular formula is C20H24BrNO3. The summed E-state index contributed by atoms with van der Waals surface area (Å²) < 4.78 is 12.0. The summed E-state index contributed by atoms with van der Waals surface area (Å²) in [7, 11) is 0. The van der Waals surface area contributed by atoms with Crippen molar-refractivity contribution in [3.05, 3.63) is 52.5 Å². The fourth-order valence-corrected chi connectivity index (χ4v) is 2.87. The Balaban J connectivity index is 1.96. The molecule has 0 heterocycles. The third-order valence-electron chi connectivity index (χ3n) is 3.96. The molecule has 2 rings (SSSR count). The largest absolute Gasteiger partial charge is 0.492 e. The van der Waals surface area contributed by atoms with Crippen molar-refractivity contribution in [2.24, 2.45) is 0 Å². The van der Waals surface area contributed by atoms with Crippen molar-refractivity contribution in [2.75, 3.05) is 18.5 Å². The van der Waals surface area contributed by atoms with E-state index >= 15 is 0 Å². The Labute approximate surface area is 157 Å². The number of carbonyl (C=O) groups is 1. The first-order valence-corrected chi connectivity index (χ1v) is 9.28. The van der Waals surface area contributed by atoms with Gasteiger partial charge in [-0.3, -0.25) is 4.79 Å². The molecule has 25 heavy (non-hydrogen) atoms. The van der Waals surface area contributed by atoms with E-state index in [1.807, 2.05) is 43.3 Å². The molecule has 2 aromatic carbocycles. The first kappa shape index (κ1) is 19.3. The van der Waals surface area contributed by atoms with E-state index in [4.69, 9.17) is 9.47 Å². The van der Waals surface area contributed by atoms with Gasteiger partial charge in [-0.1, -0.05) is 32.0 Å². The summed E-state index contributed by atoms with van der Waals surface area (Å²) in [6.45, 7) is 6.72. The molecule has 1 unspecified atom stereocenters. The predicted molar refractivity (Wildman–Crippen MR) is 105 cm³/mol. The molecular weight excluding hydrogens is 382 g/mol. The highest BCUT2D eigenvalue weighted by Gasteiger charge is 2.11. The van der Waals surface area contributed by atoms with Crippen LogP contribution >= 0.6 is 15.9 Å². The zero-order valence-electron chi connectivity index (χ0n) is 14.8. The van der Waals surface area contributed by atoms with Crippen LogP contribution in [0.5, 0.6) is 11.5 Å². The number of halogens is 1. The lowest BCUT2D eigenvalue weighted by atomic mass is 9.99. The molecule has 134 valence electrons. The average Bonchev–Trinajstić information content (AvgIpc) is 2.61. The lowest BCUT2D eigenvalue weighted by molar-refractivity contribution is -0.118. The summed E-state index contributed by atoms with van der Waals surface area (Å²) in [6, 6.07) is 13.3. The summed E-state index contributed by atoms with van der Waals surface area (Å²) in [6.07, 6.45) is 1.08. The van der Waals surface area contributed by atoms with Crippen LogP contribution in [0.1, 0.15) is 38.7 Å². The number of ether oxygens (including phenoxy) is 2. The standard InChI is InChI=1S/C20H24BrNO3/c1-4-14(3)15-10-11-18(16(21)12-15)25-13-20(23)22-17-8-6-7-9-19(17)24-5-2/h6-12,14H,4-5,13H2,1-3H3,(H,22,23). The van der Waals surface area contributed by atoms with Crippen LogP contribution in [0.2, 0.25) is 0 Å². The van der Waals surface area contributed by atoms with Crippen LogP contribution in [0.25, 0.3) is 0 Å². The van der Waals surface area contributed by atoms with E-state index in [0.29, 0.717) is 29.7 Å². The van der Waals surface area contributed by atoms with Gasteiger partial charge in [0.2, 0.25) is 0 Å². The lowest BCUT2D eigenvalue weighted by Crippen LogP contribution is -2.20. The van der Waals surface area contributed by atoms with E-state index in [1.165, 1.54) is 5.56 Å². The van der Waals surface area contributed by atoms with E-state index in [-0.39, 0.29) is 12.5 Å². The van der Waals surface area contributed by atoms with Crippen molar-refractivity contribution in [2.45, 2.75) is 33.1 Å². The monoisotopic (exact) mass is 405 g/mol. The average molecular weight is 406 g/mol. The molecule has 2 aromatic rings. The van der Waals surface area contributed by atoms with Gasteiger partial charge >= 0.3 is 0 Å². The Bertz CT molecular complexity index is 718. The van der Waals surface area contributed by atoms with Crippen molar-refractivity contribution in [1.29, 1.82) is 0 Å². The van der Waals surface area contributed by atoms with E-state index in [1.54, 1.807) is 6.07 Å². The van der Waals surface area contributed by atoms with Gasteiger partial charge in [0.15, 0.2) is 6.61 Å². The maximum absolute atomic E-state index is 12.2. The number of para-hydroxylation sites is 2. The van der Waals surface area contributed by atoms with Crippen molar-refractivity contribution in [3.8, 4) is 11.5 Å². The third-order valence-corrected chi connectivity index (χ3v) is 4.58. The molecule has 0 spiro atoms. The van der Waals surface area contributed by atoms with Crippen LogP contribution in [0, 0.1) is 0 Å². The van der Waals surface area contributed by atoms with Gasteiger partial charge in [-0.2, -0.15) is 0 Å². The van der Waals surface area contributed by atoms with Crippen molar-refractivity contribution < 1.29 is 14.3 Å².